The summed E-state index contributed by atoms with van der Waals surface area (Å²) in [5, 5.41) is 5.72. The first-order valence-corrected chi connectivity index (χ1v) is 7.49. The van der Waals surface area contributed by atoms with E-state index in [1.807, 2.05) is 30.3 Å². The van der Waals surface area contributed by atoms with Gasteiger partial charge >= 0.3 is 6.03 Å². The molecule has 4 N–H and O–H groups in total. The topological polar surface area (TPSA) is 67.1 Å². The van der Waals surface area contributed by atoms with Crippen molar-refractivity contribution in [3.8, 4) is 0 Å². The summed E-state index contributed by atoms with van der Waals surface area (Å²) in [5.41, 5.74) is 6.56. The number of benzene rings is 1. The lowest BCUT2D eigenvalue weighted by Crippen LogP contribution is -2.50. The summed E-state index contributed by atoms with van der Waals surface area (Å²) in [7, 11) is 0. The molecule has 5 heteroatoms. The molecule has 0 aliphatic heterocycles. The number of hydrogen-bond donors (Lipinski definition) is 3. The van der Waals surface area contributed by atoms with Gasteiger partial charge in [0.15, 0.2) is 0 Å². The second-order valence-electron chi connectivity index (χ2n) is 5.24. The Hall–Kier alpha value is -1.62. The normalized spacial score (nSPS) is 17.2. The van der Waals surface area contributed by atoms with Crippen LogP contribution in [-0.2, 0) is 0 Å². The van der Waals surface area contributed by atoms with Gasteiger partial charge in [0.05, 0.1) is 11.0 Å². The van der Waals surface area contributed by atoms with Crippen LogP contribution in [0.5, 0.6) is 0 Å². The maximum atomic E-state index is 12.0. The summed E-state index contributed by atoms with van der Waals surface area (Å²) >= 11 is 5.12. The zero-order valence-electron chi connectivity index (χ0n) is 11.5. The minimum absolute atomic E-state index is 0.214. The first-order valence-electron chi connectivity index (χ1n) is 7.08. The second kappa shape index (κ2) is 7.24. The smallest absolute Gasteiger partial charge is 0.319 e. The number of carbonyl (C=O) groups excluding carboxylic acids is 1. The lowest BCUT2D eigenvalue weighted by atomic mass is 9.84. The van der Waals surface area contributed by atoms with Gasteiger partial charge in [0.2, 0.25) is 0 Å². The van der Waals surface area contributed by atoms with Crippen LogP contribution in [0.1, 0.15) is 32.1 Å². The molecule has 4 nitrogen and oxygen atoms in total. The zero-order chi connectivity index (χ0) is 14.4. The number of nitrogens with one attached hydrogen (secondary N) is 2. The first-order chi connectivity index (χ1) is 9.66. The van der Waals surface area contributed by atoms with Crippen LogP contribution >= 0.6 is 12.2 Å². The van der Waals surface area contributed by atoms with E-state index >= 15 is 0 Å². The third-order valence-electron chi connectivity index (χ3n) is 3.75. The third-order valence-corrected chi connectivity index (χ3v) is 4.00. The molecule has 1 aliphatic carbocycles. The molecule has 2 rings (SSSR count). The van der Waals surface area contributed by atoms with Crippen molar-refractivity contribution in [2.45, 2.75) is 38.1 Å². The molecule has 0 aromatic heterocycles. The molecule has 1 atom stereocenters. The summed E-state index contributed by atoms with van der Waals surface area (Å²) in [6.07, 6.45) is 5.79. The number of carbonyl (C=O) groups is 1. The summed E-state index contributed by atoms with van der Waals surface area (Å²) in [5.74, 6) is 0.364. The quantitative estimate of drug-likeness (QED) is 0.747. The van der Waals surface area contributed by atoms with Gasteiger partial charge < -0.3 is 16.4 Å². The van der Waals surface area contributed by atoms with Gasteiger partial charge in [0.1, 0.15) is 0 Å². The molecule has 108 valence electrons. The molecule has 0 heterocycles. The lowest BCUT2D eigenvalue weighted by molar-refractivity contribution is 0.242. The van der Waals surface area contributed by atoms with E-state index in [0.717, 1.165) is 18.5 Å². The van der Waals surface area contributed by atoms with Gasteiger partial charge in [-0.25, -0.2) is 4.79 Å². The number of anilines is 1. The Balaban J connectivity index is 1.93. The van der Waals surface area contributed by atoms with Crippen molar-refractivity contribution in [1.82, 2.24) is 5.32 Å². The average molecular weight is 291 g/mol. The van der Waals surface area contributed by atoms with Crippen LogP contribution in [0.4, 0.5) is 10.5 Å². The van der Waals surface area contributed by atoms with Crippen molar-refractivity contribution < 1.29 is 4.79 Å². The van der Waals surface area contributed by atoms with Crippen molar-refractivity contribution >= 4 is 28.9 Å². The van der Waals surface area contributed by atoms with Gasteiger partial charge in [-0.15, -0.1) is 0 Å². The Morgan fingerprint density at radius 3 is 2.45 bits per heavy atom. The van der Waals surface area contributed by atoms with Gasteiger partial charge in [0, 0.05) is 5.69 Å². The molecular weight excluding hydrogens is 270 g/mol. The Morgan fingerprint density at radius 2 is 1.85 bits per heavy atom. The molecule has 0 bridgehead atoms. The van der Waals surface area contributed by atoms with Gasteiger partial charge in [-0.3, -0.25) is 0 Å². The molecule has 1 fully saturated rings. The molecule has 0 saturated heterocycles. The Bertz CT molecular complexity index is 457. The highest BCUT2D eigenvalue weighted by molar-refractivity contribution is 7.80. The molecule has 2 amide bonds. The highest BCUT2D eigenvalue weighted by Gasteiger charge is 2.27. The Labute approximate surface area is 125 Å². The molecule has 0 spiro atoms. The van der Waals surface area contributed by atoms with Crippen LogP contribution in [0.15, 0.2) is 30.3 Å². The Morgan fingerprint density at radius 1 is 1.20 bits per heavy atom. The number of hydrogen-bond acceptors (Lipinski definition) is 2. The van der Waals surface area contributed by atoms with Gasteiger partial charge in [-0.1, -0.05) is 49.7 Å². The monoisotopic (exact) mass is 291 g/mol. The largest absolute Gasteiger partial charge is 0.392 e. The van der Waals surface area contributed by atoms with Crippen LogP contribution in [0.25, 0.3) is 0 Å². The van der Waals surface area contributed by atoms with Crippen molar-refractivity contribution in [2.24, 2.45) is 11.7 Å². The predicted molar refractivity (Wildman–Crippen MR) is 85.7 cm³/mol. The standard InChI is InChI=1S/C15H21N3OS/c16-14(20)13(11-7-3-1-4-8-11)18-15(19)17-12-9-5-2-6-10-12/h2,5-6,9-11,13H,1,3-4,7-8H2,(H2,16,20)(H2,17,18,19). The van der Waals surface area contributed by atoms with E-state index in [2.05, 4.69) is 10.6 Å². The summed E-state index contributed by atoms with van der Waals surface area (Å²) in [6, 6.07) is 8.88. The first kappa shape index (κ1) is 14.8. The highest BCUT2D eigenvalue weighted by atomic mass is 32.1. The number of thiocarbonyl (C=S) groups is 1. The number of rotatable bonds is 4. The van der Waals surface area contributed by atoms with E-state index in [0.29, 0.717) is 10.9 Å². The zero-order valence-corrected chi connectivity index (χ0v) is 12.3. The van der Waals surface area contributed by atoms with Crippen LogP contribution in [0.2, 0.25) is 0 Å². The van der Waals surface area contributed by atoms with Crippen molar-refractivity contribution in [3.05, 3.63) is 30.3 Å². The minimum Gasteiger partial charge on any atom is -0.392 e. The second-order valence-corrected chi connectivity index (χ2v) is 5.71. The fourth-order valence-corrected chi connectivity index (χ4v) is 2.97. The minimum atomic E-state index is -0.250. The third kappa shape index (κ3) is 4.20. The summed E-state index contributed by atoms with van der Waals surface area (Å²) in [4.78, 5) is 12.4. The molecule has 1 aromatic carbocycles. The van der Waals surface area contributed by atoms with E-state index in [1.54, 1.807) is 0 Å². The maximum Gasteiger partial charge on any atom is 0.319 e. The van der Waals surface area contributed by atoms with Gasteiger partial charge in [-0.05, 0) is 30.9 Å². The average Bonchev–Trinajstić information content (AvgIpc) is 2.46. The van der Waals surface area contributed by atoms with E-state index in [4.69, 9.17) is 18.0 Å². The molecule has 1 saturated carbocycles. The molecule has 1 aromatic rings. The molecule has 1 unspecified atom stereocenters. The van der Waals surface area contributed by atoms with Crippen LogP contribution in [-0.4, -0.2) is 17.1 Å². The van der Waals surface area contributed by atoms with E-state index in [-0.39, 0.29) is 12.1 Å². The summed E-state index contributed by atoms with van der Waals surface area (Å²) in [6.45, 7) is 0. The molecule has 1 aliphatic rings. The van der Waals surface area contributed by atoms with Crippen molar-refractivity contribution in [1.29, 1.82) is 0 Å². The highest BCUT2D eigenvalue weighted by Crippen LogP contribution is 2.26. The van der Waals surface area contributed by atoms with Gasteiger partial charge in [0.25, 0.3) is 0 Å². The van der Waals surface area contributed by atoms with Crippen LogP contribution < -0.4 is 16.4 Å². The molecular formula is C15H21N3OS. The predicted octanol–water partition coefficient (Wildman–Crippen LogP) is 3.04. The van der Waals surface area contributed by atoms with Gasteiger partial charge in [-0.2, -0.15) is 0 Å². The molecule has 20 heavy (non-hydrogen) atoms. The number of urea groups is 1. The summed E-state index contributed by atoms with van der Waals surface area (Å²) < 4.78 is 0. The fraction of sp³-hybridized carbons (Fsp3) is 0.467. The van der Waals surface area contributed by atoms with Crippen LogP contribution in [0.3, 0.4) is 0 Å². The maximum absolute atomic E-state index is 12.0. The van der Waals surface area contributed by atoms with E-state index in [1.165, 1.54) is 19.3 Å². The number of para-hydroxylation sites is 1. The lowest BCUT2D eigenvalue weighted by Gasteiger charge is -2.30. The van der Waals surface area contributed by atoms with E-state index in [9.17, 15) is 4.79 Å². The van der Waals surface area contributed by atoms with E-state index < -0.39 is 0 Å². The van der Waals surface area contributed by atoms with Crippen LogP contribution in [0, 0.1) is 5.92 Å². The number of amides is 2. The molecule has 0 radical (unpaired) electrons. The van der Waals surface area contributed by atoms with Crippen molar-refractivity contribution in [3.63, 3.8) is 0 Å². The Kier molecular flexibility index (Phi) is 5.35. The SMILES string of the molecule is NC(=S)C(NC(=O)Nc1ccccc1)C1CCCCC1. The number of nitrogens with two attached hydrogens (primary N) is 1. The van der Waals surface area contributed by atoms with Crippen molar-refractivity contribution in [2.75, 3.05) is 5.32 Å². The fourth-order valence-electron chi connectivity index (χ4n) is 2.72.